The lowest BCUT2D eigenvalue weighted by Crippen LogP contribution is -2.15. The Morgan fingerprint density at radius 2 is 2.15 bits per heavy atom. The van der Waals surface area contributed by atoms with Gasteiger partial charge >= 0.3 is 0 Å². The predicted octanol–water partition coefficient (Wildman–Crippen LogP) is 1.94. The van der Waals surface area contributed by atoms with E-state index < -0.39 is 0 Å². The number of fused-ring (bicyclic) bond motifs is 1. The maximum Gasteiger partial charge on any atom is 0.270 e. The Bertz CT molecular complexity index is 627. The maximum absolute atomic E-state index is 11.5. The number of benzene rings is 1. The summed E-state index contributed by atoms with van der Waals surface area (Å²) in [6.45, 7) is 3.39. The fourth-order valence-electron chi connectivity index (χ4n) is 2.22. The minimum atomic E-state index is -0.124. The molecule has 1 aliphatic rings. The number of hydrogen-bond acceptors (Lipinski definition) is 4. The SMILES string of the molecule is CC(CNc1ncc2c(n1)C(=O)NC2)c1ccccc1. The molecule has 0 bridgehead atoms. The molecule has 5 nitrogen and oxygen atoms in total. The molecule has 2 heterocycles. The van der Waals surface area contributed by atoms with E-state index in [1.54, 1.807) is 6.20 Å². The number of hydrogen-bond donors (Lipinski definition) is 2. The standard InChI is InChI=1S/C15H16N4O/c1-10(11-5-3-2-4-6-11)7-17-15-18-9-12-8-16-14(20)13(12)19-15/h2-6,9-10H,7-8H2,1H3,(H,16,20)(H,17,18,19). The molecule has 5 heteroatoms. The van der Waals surface area contributed by atoms with Crippen LogP contribution in [0, 0.1) is 0 Å². The average molecular weight is 268 g/mol. The Hall–Kier alpha value is -2.43. The van der Waals surface area contributed by atoms with Crippen molar-refractivity contribution in [3.05, 3.63) is 53.3 Å². The van der Waals surface area contributed by atoms with Crippen molar-refractivity contribution in [3.8, 4) is 0 Å². The van der Waals surface area contributed by atoms with Gasteiger partial charge in [0.15, 0.2) is 0 Å². The van der Waals surface area contributed by atoms with Crippen LogP contribution >= 0.6 is 0 Å². The fraction of sp³-hybridized carbons (Fsp3) is 0.267. The molecule has 20 heavy (non-hydrogen) atoms. The summed E-state index contributed by atoms with van der Waals surface area (Å²) in [5.74, 6) is 0.729. The lowest BCUT2D eigenvalue weighted by atomic mass is 10.0. The molecule has 1 aliphatic heterocycles. The van der Waals surface area contributed by atoms with E-state index in [1.165, 1.54) is 5.56 Å². The minimum Gasteiger partial charge on any atom is -0.354 e. The lowest BCUT2D eigenvalue weighted by Gasteiger charge is -2.13. The van der Waals surface area contributed by atoms with Crippen molar-refractivity contribution < 1.29 is 4.79 Å². The highest BCUT2D eigenvalue weighted by Gasteiger charge is 2.21. The van der Waals surface area contributed by atoms with Gasteiger partial charge in [0.05, 0.1) is 0 Å². The fourth-order valence-corrected chi connectivity index (χ4v) is 2.22. The van der Waals surface area contributed by atoms with Crippen LogP contribution in [-0.4, -0.2) is 22.4 Å². The molecule has 2 aromatic rings. The van der Waals surface area contributed by atoms with Crippen LogP contribution in [0.1, 0.15) is 34.5 Å². The van der Waals surface area contributed by atoms with E-state index in [4.69, 9.17) is 0 Å². The summed E-state index contributed by atoms with van der Waals surface area (Å²) in [5.41, 5.74) is 2.60. The largest absolute Gasteiger partial charge is 0.354 e. The zero-order valence-corrected chi connectivity index (χ0v) is 11.3. The highest BCUT2D eigenvalue weighted by atomic mass is 16.2. The minimum absolute atomic E-state index is 0.124. The zero-order chi connectivity index (χ0) is 13.9. The normalized spacial score (nSPS) is 14.6. The van der Waals surface area contributed by atoms with Crippen LogP contribution in [0.5, 0.6) is 0 Å². The van der Waals surface area contributed by atoms with Crippen LogP contribution < -0.4 is 10.6 Å². The van der Waals surface area contributed by atoms with Gasteiger partial charge in [-0.25, -0.2) is 9.97 Å². The van der Waals surface area contributed by atoms with Gasteiger partial charge < -0.3 is 10.6 Å². The van der Waals surface area contributed by atoms with Gasteiger partial charge in [0, 0.05) is 24.8 Å². The third kappa shape index (κ3) is 2.47. The number of aromatic nitrogens is 2. The molecule has 1 aromatic heterocycles. The Morgan fingerprint density at radius 3 is 2.95 bits per heavy atom. The van der Waals surface area contributed by atoms with Crippen LogP contribution in [0.3, 0.4) is 0 Å². The van der Waals surface area contributed by atoms with Gasteiger partial charge in [-0.2, -0.15) is 0 Å². The Labute approximate surface area is 117 Å². The van der Waals surface area contributed by atoms with Crippen molar-refractivity contribution in [1.82, 2.24) is 15.3 Å². The highest BCUT2D eigenvalue weighted by molar-refractivity contribution is 5.96. The molecule has 0 saturated heterocycles. The first-order chi connectivity index (χ1) is 9.74. The molecule has 3 rings (SSSR count). The van der Waals surface area contributed by atoms with Gasteiger partial charge in [-0.05, 0) is 11.5 Å². The number of nitrogens with one attached hydrogen (secondary N) is 2. The molecule has 0 radical (unpaired) electrons. The molecule has 1 amide bonds. The molecule has 0 spiro atoms. The second kappa shape index (κ2) is 5.28. The molecule has 1 unspecified atom stereocenters. The van der Waals surface area contributed by atoms with Crippen LogP contribution in [-0.2, 0) is 6.54 Å². The van der Waals surface area contributed by atoms with E-state index >= 15 is 0 Å². The first-order valence-electron chi connectivity index (χ1n) is 6.67. The number of carbonyl (C=O) groups is 1. The van der Waals surface area contributed by atoms with Crippen LogP contribution in [0.15, 0.2) is 36.5 Å². The first-order valence-corrected chi connectivity index (χ1v) is 6.67. The number of anilines is 1. The molecular formula is C15H16N4O. The molecular weight excluding hydrogens is 252 g/mol. The lowest BCUT2D eigenvalue weighted by molar-refractivity contribution is 0.0961. The predicted molar refractivity (Wildman–Crippen MR) is 76.5 cm³/mol. The van der Waals surface area contributed by atoms with Gasteiger partial charge in [0.25, 0.3) is 5.91 Å². The molecule has 102 valence electrons. The number of nitrogens with zero attached hydrogens (tertiary/aromatic N) is 2. The Morgan fingerprint density at radius 1 is 1.35 bits per heavy atom. The first kappa shape index (κ1) is 12.6. The van der Waals surface area contributed by atoms with E-state index in [-0.39, 0.29) is 5.91 Å². The third-order valence-corrected chi connectivity index (χ3v) is 3.45. The van der Waals surface area contributed by atoms with E-state index in [1.807, 2.05) is 18.2 Å². The van der Waals surface area contributed by atoms with E-state index in [2.05, 4.69) is 39.7 Å². The summed E-state index contributed by atoms with van der Waals surface area (Å²) < 4.78 is 0. The van der Waals surface area contributed by atoms with Gasteiger partial charge in [-0.3, -0.25) is 4.79 Å². The Balaban J connectivity index is 1.67. The van der Waals surface area contributed by atoms with Crippen molar-refractivity contribution in [3.63, 3.8) is 0 Å². The monoisotopic (exact) mass is 268 g/mol. The van der Waals surface area contributed by atoms with E-state index in [0.29, 0.717) is 24.1 Å². The van der Waals surface area contributed by atoms with Crippen molar-refractivity contribution in [2.24, 2.45) is 0 Å². The number of amides is 1. The van der Waals surface area contributed by atoms with Crippen molar-refractivity contribution in [1.29, 1.82) is 0 Å². The number of carbonyl (C=O) groups excluding carboxylic acids is 1. The van der Waals surface area contributed by atoms with E-state index in [9.17, 15) is 4.79 Å². The van der Waals surface area contributed by atoms with Crippen LogP contribution in [0.4, 0.5) is 5.95 Å². The highest BCUT2D eigenvalue weighted by Crippen LogP contribution is 2.16. The van der Waals surface area contributed by atoms with Crippen molar-refractivity contribution in [2.75, 3.05) is 11.9 Å². The van der Waals surface area contributed by atoms with Crippen LogP contribution in [0.2, 0.25) is 0 Å². The van der Waals surface area contributed by atoms with Gasteiger partial charge in [-0.1, -0.05) is 37.3 Å². The van der Waals surface area contributed by atoms with Crippen LogP contribution in [0.25, 0.3) is 0 Å². The van der Waals surface area contributed by atoms with Crippen molar-refractivity contribution >= 4 is 11.9 Å². The third-order valence-electron chi connectivity index (χ3n) is 3.45. The quantitative estimate of drug-likeness (QED) is 0.889. The summed E-state index contributed by atoms with van der Waals surface area (Å²) in [7, 11) is 0. The summed E-state index contributed by atoms with van der Waals surface area (Å²) in [6.07, 6.45) is 1.70. The smallest absolute Gasteiger partial charge is 0.270 e. The molecule has 0 saturated carbocycles. The maximum atomic E-state index is 11.5. The molecule has 0 aliphatic carbocycles. The second-order valence-corrected chi connectivity index (χ2v) is 4.94. The molecule has 1 atom stereocenters. The summed E-state index contributed by atoms with van der Waals surface area (Å²) in [4.78, 5) is 20.0. The zero-order valence-electron chi connectivity index (χ0n) is 11.3. The van der Waals surface area contributed by atoms with Gasteiger partial charge in [-0.15, -0.1) is 0 Å². The number of rotatable bonds is 4. The van der Waals surface area contributed by atoms with Gasteiger partial charge in [0.2, 0.25) is 5.95 Å². The van der Waals surface area contributed by atoms with E-state index in [0.717, 1.165) is 12.1 Å². The van der Waals surface area contributed by atoms with Gasteiger partial charge in [0.1, 0.15) is 5.69 Å². The second-order valence-electron chi connectivity index (χ2n) is 4.94. The summed E-state index contributed by atoms with van der Waals surface area (Å²) in [6, 6.07) is 10.3. The summed E-state index contributed by atoms with van der Waals surface area (Å²) in [5, 5.41) is 5.92. The van der Waals surface area contributed by atoms with Crippen molar-refractivity contribution in [2.45, 2.75) is 19.4 Å². The average Bonchev–Trinajstić information content (AvgIpc) is 2.87. The Kier molecular flexibility index (Phi) is 3.33. The topological polar surface area (TPSA) is 66.9 Å². The molecule has 1 aromatic carbocycles. The summed E-state index contributed by atoms with van der Waals surface area (Å²) >= 11 is 0. The molecule has 0 fully saturated rings. The molecule has 2 N–H and O–H groups in total.